The Morgan fingerprint density at radius 2 is 1.77 bits per heavy atom. The lowest BCUT2D eigenvalue weighted by atomic mass is 10.1. The Labute approximate surface area is 150 Å². The largest absolute Gasteiger partial charge is 0.380 e. The molecule has 2 aromatic rings. The third kappa shape index (κ3) is 4.86. The van der Waals surface area contributed by atoms with E-state index in [-0.39, 0.29) is 19.0 Å². The molecule has 7 heteroatoms. The highest BCUT2D eigenvalue weighted by Crippen LogP contribution is 2.18. The van der Waals surface area contributed by atoms with Crippen molar-refractivity contribution in [3.63, 3.8) is 0 Å². The fourth-order valence-corrected chi connectivity index (χ4v) is 2.44. The maximum absolute atomic E-state index is 13.6. The predicted molar refractivity (Wildman–Crippen MR) is 93.7 cm³/mol. The summed E-state index contributed by atoms with van der Waals surface area (Å²) in [6, 6.07) is 10.2. The maximum Gasteiger partial charge on any atom is 0.254 e. The lowest BCUT2D eigenvalue weighted by molar-refractivity contribution is -0.116. The van der Waals surface area contributed by atoms with Gasteiger partial charge in [-0.05, 0) is 36.8 Å². The molecule has 2 amide bonds. The van der Waals surface area contributed by atoms with Crippen LogP contribution in [-0.4, -0.2) is 36.9 Å². The van der Waals surface area contributed by atoms with Gasteiger partial charge in [-0.1, -0.05) is 18.2 Å². The molecule has 0 saturated heterocycles. The molecule has 26 heavy (non-hydrogen) atoms. The second kappa shape index (κ2) is 9.05. The molecule has 0 aromatic heterocycles. The first kappa shape index (κ1) is 19.5. The van der Waals surface area contributed by atoms with Crippen molar-refractivity contribution < 1.29 is 23.1 Å². The minimum atomic E-state index is -0.875. The summed E-state index contributed by atoms with van der Waals surface area (Å²) >= 11 is 0. The van der Waals surface area contributed by atoms with Gasteiger partial charge in [-0.3, -0.25) is 9.59 Å². The molecule has 0 saturated carbocycles. The molecule has 0 fully saturated rings. The molecule has 0 aliphatic rings. The number of nitrogens with zero attached hydrogens (tertiary/aromatic N) is 1. The van der Waals surface area contributed by atoms with Crippen molar-refractivity contribution >= 4 is 17.5 Å². The van der Waals surface area contributed by atoms with Crippen molar-refractivity contribution in [2.75, 3.05) is 25.5 Å². The predicted octanol–water partition coefficient (Wildman–Crippen LogP) is 3.21. The zero-order valence-electron chi connectivity index (χ0n) is 14.6. The normalized spacial score (nSPS) is 10.5. The number of hydrogen-bond acceptors (Lipinski definition) is 3. The van der Waals surface area contributed by atoms with E-state index in [2.05, 4.69) is 5.32 Å². The molecule has 0 bridgehead atoms. The van der Waals surface area contributed by atoms with Gasteiger partial charge in [0.2, 0.25) is 5.91 Å². The number of carbonyl (C=O) groups is 2. The highest BCUT2D eigenvalue weighted by molar-refractivity contribution is 5.99. The first-order valence-electron chi connectivity index (χ1n) is 8.07. The van der Waals surface area contributed by atoms with Crippen molar-refractivity contribution in [1.29, 1.82) is 0 Å². The van der Waals surface area contributed by atoms with Crippen LogP contribution in [0.15, 0.2) is 42.5 Å². The summed E-state index contributed by atoms with van der Waals surface area (Å²) in [4.78, 5) is 26.0. The van der Waals surface area contributed by atoms with E-state index in [1.165, 1.54) is 11.0 Å². The van der Waals surface area contributed by atoms with E-state index in [0.717, 1.165) is 17.7 Å². The molecule has 2 rings (SSSR count). The number of amides is 2. The first-order chi connectivity index (χ1) is 12.5. The number of rotatable bonds is 7. The van der Waals surface area contributed by atoms with E-state index in [0.29, 0.717) is 12.2 Å². The third-order valence-electron chi connectivity index (χ3n) is 3.72. The molecule has 0 heterocycles. The van der Waals surface area contributed by atoms with Crippen LogP contribution in [0.1, 0.15) is 22.8 Å². The van der Waals surface area contributed by atoms with Crippen LogP contribution in [-0.2, 0) is 16.1 Å². The average Bonchev–Trinajstić information content (AvgIpc) is 2.63. The van der Waals surface area contributed by atoms with E-state index < -0.39 is 23.2 Å². The number of benzene rings is 2. The Kier molecular flexibility index (Phi) is 6.80. The van der Waals surface area contributed by atoms with Gasteiger partial charge in [0.1, 0.15) is 23.9 Å². The summed E-state index contributed by atoms with van der Waals surface area (Å²) in [6.45, 7) is 2.02. The Balaban J connectivity index is 2.09. The number of likely N-dealkylation sites (N-methyl/N-ethyl adjacent to an activating group) is 1. The third-order valence-corrected chi connectivity index (χ3v) is 3.72. The van der Waals surface area contributed by atoms with Gasteiger partial charge < -0.3 is 15.0 Å². The zero-order chi connectivity index (χ0) is 19.1. The number of nitrogens with one attached hydrogen (secondary N) is 1. The molecule has 5 nitrogen and oxygen atoms in total. The monoisotopic (exact) mass is 362 g/mol. The number of anilines is 1. The molecular formula is C19H20F2N2O3. The molecule has 0 aliphatic carbocycles. The molecule has 0 aliphatic heterocycles. The Morgan fingerprint density at radius 3 is 2.38 bits per heavy atom. The van der Waals surface area contributed by atoms with Crippen LogP contribution in [0, 0.1) is 11.6 Å². The summed E-state index contributed by atoms with van der Waals surface area (Å²) in [6.07, 6.45) is 0. The van der Waals surface area contributed by atoms with Crippen LogP contribution < -0.4 is 5.32 Å². The van der Waals surface area contributed by atoms with Crippen molar-refractivity contribution in [3.05, 3.63) is 65.2 Å². The van der Waals surface area contributed by atoms with Gasteiger partial charge in [0.15, 0.2) is 0 Å². The fourth-order valence-electron chi connectivity index (χ4n) is 2.44. The smallest absolute Gasteiger partial charge is 0.254 e. The van der Waals surface area contributed by atoms with Gasteiger partial charge in [0.25, 0.3) is 5.91 Å². The highest BCUT2D eigenvalue weighted by Gasteiger charge is 2.19. The number of halogens is 2. The van der Waals surface area contributed by atoms with Gasteiger partial charge in [-0.2, -0.15) is 0 Å². The van der Waals surface area contributed by atoms with Crippen LogP contribution in [0.2, 0.25) is 0 Å². The molecule has 2 aromatic carbocycles. The molecule has 0 atom stereocenters. The molecular weight excluding hydrogens is 342 g/mol. The quantitative estimate of drug-likeness (QED) is 0.823. The Hall–Kier alpha value is -2.80. The van der Waals surface area contributed by atoms with E-state index in [9.17, 15) is 18.4 Å². The summed E-state index contributed by atoms with van der Waals surface area (Å²) < 4.78 is 32.3. The van der Waals surface area contributed by atoms with Crippen LogP contribution in [0.25, 0.3) is 0 Å². The first-order valence-corrected chi connectivity index (χ1v) is 8.07. The lowest BCUT2D eigenvalue weighted by Gasteiger charge is -2.21. The van der Waals surface area contributed by atoms with Crippen molar-refractivity contribution in [3.8, 4) is 0 Å². The van der Waals surface area contributed by atoms with Crippen LogP contribution in [0.3, 0.4) is 0 Å². The average molecular weight is 362 g/mol. The van der Waals surface area contributed by atoms with Crippen molar-refractivity contribution in [2.24, 2.45) is 0 Å². The summed E-state index contributed by atoms with van der Waals surface area (Å²) in [5, 5.41) is 2.18. The molecule has 1 N–H and O–H groups in total. The molecule has 0 radical (unpaired) electrons. The number of para-hydroxylation sites is 1. The second-order valence-electron chi connectivity index (χ2n) is 5.60. The number of hydrogen-bond donors (Lipinski definition) is 1. The van der Waals surface area contributed by atoms with Gasteiger partial charge >= 0.3 is 0 Å². The number of carbonyl (C=O) groups excluding carboxylic acids is 2. The summed E-state index contributed by atoms with van der Waals surface area (Å²) in [5.74, 6) is -2.79. The van der Waals surface area contributed by atoms with Gasteiger partial charge in [-0.15, -0.1) is 0 Å². The molecule has 0 spiro atoms. The van der Waals surface area contributed by atoms with Crippen molar-refractivity contribution in [1.82, 2.24) is 4.90 Å². The van der Waals surface area contributed by atoms with Gasteiger partial charge in [0, 0.05) is 19.2 Å². The van der Waals surface area contributed by atoms with E-state index >= 15 is 0 Å². The Morgan fingerprint density at radius 1 is 1.12 bits per heavy atom. The minimum absolute atomic E-state index is 0.264. The van der Waals surface area contributed by atoms with E-state index in [1.807, 2.05) is 6.07 Å². The number of methoxy groups -OCH3 is 1. The standard InChI is InChI=1S/C19H20F2N2O3/c1-3-23(19(25)14-7-4-6-13(10-14)12-26-2)11-17(24)22-18-15(20)8-5-9-16(18)21/h4-10H,3,11-12H2,1-2H3,(H,22,24). The van der Waals surface area contributed by atoms with Crippen LogP contribution in [0.4, 0.5) is 14.5 Å². The summed E-state index contributed by atoms with van der Waals surface area (Å²) in [5.41, 5.74) is 0.710. The van der Waals surface area contributed by atoms with Crippen molar-refractivity contribution in [2.45, 2.75) is 13.5 Å². The maximum atomic E-state index is 13.6. The topological polar surface area (TPSA) is 58.6 Å². The van der Waals surface area contributed by atoms with Gasteiger partial charge in [-0.25, -0.2) is 8.78 Å². The van der Waals surface area contributed by atoms with E-state index in [4.69, 9.17) is 4.74 Å². The Bertz CT molecular complexity index is 776. The summed E-state index contributed by atoms with van der Waals surface area (Å²) in [7, 11) is 1.55. The van der Waals surface area contributed by atoms with Gasteiger partial charge in [0.05, 0.1) is 6.61 Å². The van der Waals surface area contributed by atoms with Crippen LogP contribution in [0.5, 0.6) is 0 Å². The fraction of sp³-hybridized carbons (Fsp3) is 0.263. The number of ether oxygens (including phenoxy) is 1. The molecule has 138 valence electrons. The van der Waals surface area contributed by atoms with E-state index in [1.54, 1.807) is 32.2 Å². The minimum Gasteiger partial charge on any atom is -0.380 e. The zero-order valence-corrected chi connectivity index (χ0v) is 14.6. The molecule has 0 unspecified atom stereocenters. The highest BCUT2D eigenvalue weighted by atomic mass is 19.1. The SMILES string of the molecule is CCN(CC(=O)Nc1c(F)cccc1F)C(=O)c1cccc(COC)c1. The van der Waals surface area contributed by atoms with Crippen LogP contribution >= 0.6 is 0 Å². The lowest BCUT2D eigenvalue weighted by Crippen LogP contribution is -2.38. The second-order valence-corrected chi connectivity index (χ2v) is 5.60.